The summed E-state index contributed by atoms with van der Waals surface area (Å²) in [4.78, 5) is 24.1. The molecule has 7 nitrogen and oxygen atoms in total. The van der Waals surface area contributed by atoms with Crippen LogP contribution in [0.25, 0.3) is 0 Å². The molecule has 1 heterocycles. The van der Waals surface area contributed by atoms with Crippen LogP contribution in [0.1, 0.15) is 19.9 Å². The summed E-state index contributed by atoms with van der Waals surface area (Å²) in [6.07, 6.45) is 3.17. The van der Waals surface area contributed by atoms with Gasteiger partial charge >= 0.3 is 5.97 Å². The standard InChI is InChI=1S/C13H20N4O3/c1-4-7-16(9-13(19)20)8-12(18)15-11-5-6-14-17(11)10(2)3/h4-6,10H,1,7-9H2,2-3H3,(H,15,18)(H,19,20). The molecule has 0 spiro atoms. The van der Waals surface area contributed by atoms with Gasteiger partial charge in [0.2, 0.25) is 5.91 Å². The first-order valence-corrected chi connectivity index (χ1v) is 6.32. The Morgan fingerprint density at radius 2 is 2.25 bits per heavy atom. The van der Waals surface area contributed by atoms with Gasteiger partial charge < -0.3 is 10.4 Å². The van der Waals surface area contributed by atoms with E-state index >= 15 is 0 Å². The maximum absolute atomic E-state index is 11.9. The van der Waals surface area contributed by atoms with E-state index in [1.165, 1.54) is 4.90 Å². The van der Waals surface area contributed by atoms with Crippen molar-refractivity contribution < 1.29 is 14.7 Å². The zero-order valence-electron chi connectivity index (χ0n) is 11.7. The molecular weight excluding hydrogens is 260 g/mol. The lowest BCUT2D eigenvalue weighted by atomic mass is 10.4. The number of nitrogens with one attached hydrogen (secondary N) is 1. The molecule has 110 valence electrons. The van der Waals surface area contributed by atoms with Crippen molar-refractivity contribution in [3.8, 4) is 0 Å². The number of anilines is 1. The van der Waals surface area contributed by atoms with Gasteiger partial charge in [0, 0.05) is 18.7 Å². The van der Waals surface area contributed by atoms with E-state index in [1.807, 2.05) is 13.8 Å². The third-order valence-electron chi connectivity index (χ3n) is 2.54. The van der Waals surface area contributed by atoms with Gasteiger partial charge in [0.15, 0.2) is 0 Å². The van der Waals surface area contributed by atoms with Gasteiger partial charge in [-0.15, -0.1) is 6.58 Å². The number of carbonyl (C=O) groups is 2. The van der Waals surface area contributed by atoms with Gasteiger partial charge in [0.25, 0.3) is 0 Å². The second-order valence-electron chi connectivity index (χ2n) is 4.65. The van der Waals surface area contributed by atoms with Gasteiger partial charge in [-0.3, -0.25) is 14.5 Å². The summed E-state index contributed by atoms with van der Waals surface area (Å²) < 4.78 is 1.69. The van der Waals surface area contributed by atoms with Crippen molar-refractivity contribution in [1.82, 2.24) is 14.7 Å². The van der Waals surface area contributed by atoms with Gasteiger partial charge in [-0.2, -0.15) is 5.10 Å². The highest BCUT2D eigenvalue weighted by Crippen LogP contribution is 2.12. The summed E-state index contributed by atoms with van der Waals surface area (Å²) in [5, 5.41) is 15.6. The Hall–Kier alpha value is -2.15. The van der Waals surface area contributed by atoms with E-state index in [9.17, 15) is 9.59 Å². The van der Waals surface area contributed by atoms with Crippen LogP contribution in [0.4, 0.5) is 5.82 Å². The molecule has 0 aliphatic carbocycles. The molecule has 0 fully saturated rings. The molecule has 20 heavy (non-hydrogen) atoms. The van der Waals surface area contributed by atoms with Crippen molar-refractivity contribution in [3.63, 3.8) is 0 Å². The molecule has 1 amide bonds. The number of carboxylic acid groups (broad SMARTS) is 1. The summed E-state index contributed by atoms with van der Waals surface area (Å²) in [5.74, 6) is -0.666. The van der Waals surface area contributed by atoms with Crippen LogP contribution in [0, 0.1) is 0 Å². The van der Waals surface area contributed by atoms with Crippen LogP contribution in [-0.2, 0) is 9.59 Å². The first kappa shape index (κ1) is 15.9. The van der Waals surface area contributed by atoms with E-state index in [2.05, 4.69) is 17.0 Å². The molecule has 0 bridgehead atoms. The Morgan fingerprint density at radius 1 is 1.55 bits per heavy atom. The van der Waals surface area contributed by atoms with Gasteiger partial charge in [0.1, 0.15) is 5.82 Å². The second-order valence-corrected chi connectivity index (χ2v) is 4.65. The third-order valence-corrected chi connectivity index (χ3v) is 2.54. The van der Waals surface area contributed by atoms with Crippen LogP contribution in [-0.4, -0.2) is 51.3 Å². The predicted octanol–water partition coefficient (Wildman–Crippen LogP) is 0.975. The monoisotopic (exact) mass is 280 g/mol. The Morgan fingerprint density at radius 3 is 2.80 bits per heavy atom. The first-order chi connectivity index (χ1) is 9.43. The van der Waals surface area contributed by atoms with Crippen molar-refractivity contribution in [2.45, 2.75) is 19.9 Å². The van der Waals surface area contributed by atoms with Crippen molar-refractivity contribution >= 4 is 17.7 Å². The summed E-state index contributed by atoms with van der Waals surface area (Å²) in [5.41, 5.74) is 0. The summed E-state index contributed by atoms with van der Waals surface area (Å²) in [6.45, 7) is 7.58. The highest BCUT2D eigenvalue weighted by atomic mass is 16.4. The van der Waals surface area contributed by atoms with E-state index in [-0.39, 0.29) is 25.0 Å². The van der Waals surface area contributed by atoms with Crippen molar-refractivity contribution in [3.05, 3.63) is 24.9 Å². The average molecular weight is 280 g/mol. The zero-order valence-corrected chi connectivity index (χ0v) is 11.7. The second kappa shape index (κ2) is 7.44. The molecule has 0 radical (unpaired) electrons. The molecule has 0 saturated heterocycles. The van der Waals surface area contributed by atoms with Crippen LogP contribution >= 0.6 is 0 Å². The molecule has 1 aromatic rings. The van der Waals surface area contributed by atoms with Gasteiger partial charge in [-0.1, -0.05) is 6.08 Å². The maximum Gasteiger partial charge on any atom is 0.317 e. The maximum atomic E-state index is 11.9. The Labute approximate surface area is 117 Å². The Balaban J connectivity index is 2.63. The fraction of sp³-hybridized carbons (Fsp3) is 0.462. The van der Waals surface area contributed by atoms with Crippen LogP contribution in [0.3, 0.4) is 0 Å². The van der Waals surface area contributed by atoms with Gasteiger partial charge in [0.05, 0.1) is 19.3 Å². The van der Waals surface area contributed by atoms with E-state index < -0.39 is 5.97 Å². The van der Waals surface area contributed by atoms with E-state index in [0.29, 0.717) is 12.4 Å². The molecule has 0 aliphatic rings. The van der Waals surface area contributed by atoms with Crippen LogP contribution in [0.5, 0.6) is 0 Å². The number of rotatable bonds is 8. The molecule has 0 atom stereocenters. The largest absolute Gasteiger partial charge is 0.480 e. The Kier molecular flexibility index (Phi) is 5.92. The summed E-state index contributed by atoms with van der Waals surface area (Å²) in [6, 6.07) is 1.83. The molecule has 0 aromatic carbocycles. The number of nitrogens with zero attached hydrogens (tertiary/aromatic N) is 3. The number of amides is 1. The fourth-order valence-corrected chi connectivity index (χ4v) is 1.77. The lowest BCUT2D eigenvalue weighted by molar-refractivity contribution is -0.138. The molecule has 2 N–H and O–H groups in total. The van der Waals surface area contributed by atoms with E-state index in [0.717, 1.165) is 0 Å². The topological polar surface area (TPSA) is 87.5 Å². The third kappa shape index (κ3) is 4.85. The average Bonchev–Trinajstić information content (AvgIpc) is 2.76. The lowest BCUT2D eigenvalue weighted by Gasteiger charge is -2.18. The molecular formula is C13H20N4O3. The molecule has 7 heteroatoms. The minimum absolute atomic E-state index is 0.0123. The normalized spacial score (nSPS) is 10.8. The minimum Gasteiger partial charge on any atom is -0.480 e. The van der Waals surface area contributed by atoms with Crippen LogP contribution in [0.15, 0.2) is 24.9 Å². The molecule has 0 saturated carbocycles. The zero-order chi connectivity index (χ0) is 15.1. The minimum atomic E-state index is -0.980. The van der Waals surface area contributed by atoms with Gasteiger partial charge in [-0.25, -0.2) is 4.68 Å². The number of carboxylic acids is 1. The molecule has 1 rings (SSSR count). The van der Waals surface area contributed by atoms with Crippen molar-refractivity contribution in [2.24, 2.45) is 0 Å². The highest BCUT2D eigenvalue weighted by molar-refractivity contribution is 5.91. The predicted molar refractivity (Wildman–Crippen MR) is 75.5 cm³/mol. The number of hydrogen-bond acceptors (Lipinski definition) is 4. The smallest absolute Gasteiger partial charge is 0.317 e. The van der Waals surface area contributed by atoms with Gasteiger partial charge in [-0.05, 0) is 13.8 Å². The number of aliphatic carboxylic acids is 1. The highest BCUT2D eigenvalue weighted by Gasteiger charge is 2.14. The quantitative estimate of drug-likeness (QED) is 0.693. The molecule has 1 aromatic heterocycles. The fourth-order valence-electron chi connectivity index (χ4n) is 1.77. The summed E-state index contributed by atoms with van der Waals surface area (Å²) in [7, 11) is 0. The number of aromatic nitrogens is 2. The van der Waals surface area contributed by atoms with E-state index in [4.69, 9.17) is 5.11 Å². The summed E-state index contributed by atoms with van der Waals surface area (Å²) >= 11 is 0. The number of carbonyl (C=O) groups excluding carboxylic acids is 1. The lowest BCUT2D eigenvalue weighted by Crippen LogP contribution is -2.37. The Bertz CT molecular complexity index is 482. The van der Waals surface area contributed by atoms with E-state index in [1.54, 1.807) is 23.0 Å². The first-order valence-electron chi connectivity index (χ1n) is 6.32. The number of hydrogen-bond donors (Lipinski definition) is 2. The molecule has 0 unspecified atom stereocenters. The molecule has 0 aliphatic heterocycles. The van der Waals surface area contributed by atoms with Crippen molar-refractivity contribution in [2.75, 3.05) is 25.0 Å². The SMILES string of the molecule is C=CCN(CC(=O)O)CC(=O)Nc1ccnn1C(C)C. The van der Waals surface area contributed by atoms with Crippen LogP contribution < -0.4 is 5.32 Å². The van der Waals surface area contributed by atoms with Crippen LogP contribution in [0.2, 0.25) is 0 Å². The van der Waals surface area contributed by atoms with Crippen molar-refractivity contribution in [1.29, 1.82) is 0 Å².